The molecule has 0 fully saturated rings. The second-order valence-electron chi connectivity index (χ2n) is 3.58. The van der Waals surface area contributed by atoms with Crippen molar-refractivity contribution in [2.75, 3.05) is 0 Å². The fourth-order valence-electron chi connectivity index (χ4n) is 1.54. The van der Waals surface area contributed by atoms with Crippen LogP contribution in [0.5, 0.6) is 0 Å². The number of hydrogen-bond acceptors (Lipinski definition) is 1. The lowest BCUT2D eigenvalue weighted by Crippen LogP contribution is -1.89. The van der Waals surface area contributed by atoms with Gasteiger partial charge in [-0.3, -0.25) is 4.79 Å². The van der Waals surface area contributed by atoms with E-state index in [9.17, 15) is 9.18 Å². The molecule has 0 saturated heterocycles. The Morgan fingerprint density at radius 1 is 1.17 bits per heavy atom. The van der Waals surface area contributed by atoms with Crippen LogP contribution in [0, 0.1) is 5.82 Å². The van der Waals surface area contributed by atoms with Crippen molar-refractivity contribution >= 4 is 45.4 Å². The molecule has 0 N–H and O–H groups in total. The van der Waals surface area contributed by atoms with Crippen molar-refractivity contribution in [3.63, 3.8) is 0 Å². The van der Waals surface area contributed by atoms with Gasteiger partial charge in [-0.1, -0.05) is 35.3 Å². The summed E-state index contributed by atoms with van der Waals surface area (Å²) in [5.41, 5.74) is 1.27. The van der Waals surface area contributed by atoms with Gasteiger partial charge in [0.05, 0.1) is 10.0 Å². The molecule has 0 spiro atoms. The number of benzene rings is 2. The summed E-state index contributed by atoms with van der Waals surface area (Å²) in [7, 11) is 0. The first-order chi connectivity index (χ1) is 8.54. The molecule has 92 valence electrons. The van der Waals surface area contributed by atoms with E-state index >= 15 is 0 Å². The molecule has 0 atom stereocenters. The summed E-state index contributed by atoms with van der Waals surface area (Å²) in [5, 5.41) is 0.295. The molecule has 18 heavy (non-hydrogen) atoms. The first-order valence-corrected chi connectivity index (χ1v) is 6.48. The van der Waals surface area contributed by atoms with Crippen molar-refractivity contribution in [2.45, 2.75) is 0 Å². The Balaban J connectivity index is 2.59. The average Bonchev–Trinajstić information content (AvgIpc) is 2.36. The van der Waals surface area contributed by atoms with Crippen LogP contribution in [0.2, 0.25) is 10.0 Å². The van der Waals surface area contributed by atoms with E-state index in [4.69, 9.17) is 23.2 Å². The molecule has 1 nitrogen and oxygen atoms in total. The quantitative estimate of drug-likeness (QED) is 0.527. The number of carbonyl (C=O) groups is 1. The summed E-state index contributed by atoms with van der Waals surface area (Å²) in [4.78, 5) is 10.7. The summed E-state index contributed by atoms with van der Waals surface area (Å²) < 4.78 is 14.5. The van der Waals surface area contributed by atoms with Gasteiger partial charge < -0.3 is 0 Å². The Hall–Kier alpha value is -0.900. The van der Waals surface area contributed by atoms with Gasteiger partial charge in [0.15, 0.2) is 12.1 Å². The van der Waals surface area contributed by atoms with Crippen molar-refractivity contribution in [1.82, 2.24) is 0 Å². The van der Waals surface area contributed by atoms with Gasteiger partial charge in [0, 0.05) is 15.6 Å². The maximum Gasteiger partial charge on any atom is 0.151 e. The van der Waals surface area contributed by atoms with Gasteiger partial charge in [0.2, 0.25) is 0 Å². The van der Waals surface area contributed by atoms with Crippen molar-refractivity contribution in [2.24, 2.45) is 0 Å². The third-order valence-electron chi connectivity index (χ3n) is 2.47. The first kappa shape index (κ1) is 13.5. The van der Waals surface area contributed by atoms with E-state index in [1.54, 1.807) is 24.3 Å². The number of hydrogen-bond donors (Lipinski definition) is 0. The largest absolute Gasteiger partial charge is 0.298 e. The van der Waals surface area contributed by atoms with Gasteiger partial charge in [-0.2, -0.15) is 0 Å². The molecule has 0 aliphatic carbocycles. The third kappa shape index (κ3) is 2.44. The fourth-order valence-corrected chi connectivity index (χ4v) is 2.24. The average molecular weight is 348 g/mol. The highest BCUT2D eigenvalue weighted by molar-refractivity contribution is 9.10. The monoisotopic (exact) mass is 346 g/mol. The van der Waals surface area contributed by atoms with E-state index in [0.29, 0.717) is 27.4 Å². The Kier molecular flexibility index (Phi) is 4.05. The summed E-state index contributed by atoms with van der Waals surface area (Å²) >= 11 is 14.9. The lowest BCUT2D eigenvalue weighted by molar-refractivity contribution is 0.112. The van der Waals surface area contributed by atoms with Crippen LogP contribution in [0.15, 0.2) is 34.8 Å². The Labute approximate surface area is 122 Å². The molecule has 5 heteroatoms. The molecule has 0 saturated carbocycles. The number of halogens is 4. The molecule has 0 amide bonds. The van der Waals surface area contributed by atoms with Gasteiger partial charge in [0.1, 0.15) is 0 Å². The molecule has 2 aromatic carbocycles. The van der Waals surface area contributed by atoms with E-state index < -0.39 is 5.82 Å². The van der Waals surface area contributed by atoms with Gasteiger partial charge in [-0.15, -0.1) is 0 Å². The summed E-state index contributed by atoms with van der Waals surface area (Å²) in [5.74, 6) is -0.527. The molecule has 0 aliphatic heterocycles. The molecule has 0 radical (unpaired) electrons. The summed E-state index contributed by atoms with van der Waals surface area (Å²) in [6, 6.07) is 7.95. The summed E-state index contributed by atoms with van der Waals surface area (Å²) in [6.45, 7) is 0. The lowest BCUT2D eigenvalue weighted by Gasteiger charge is -2.07. The van der Waals surface area contributed by atoms with Gasteiger partial charge in [-0.25, -0.2) is 4.39 Å². The molecular weight excluding hydrogens is 342 g/mol. The van der Waals surface area contributed by atoms with E-state index in [2.05, 4.69) is 15.9 Å². The molecule has 2 rings (SSSR count). The summed E-state index contributed by atoms with van der Waals surface area (Å²) in [6.07, 6.45) is 0.650. The minimum atomic E-state index is -0.527. The lowest BCUT2D eigenvalue weighted by atomic mass is 10.0. The fraction of sp³-hybridized carbons (Fsp3) is 0. The van der Waals surface area contributed by atoms with E-state index in [1.165, 1.54) is 6.07 Å². The van der Waals surface area contributed by atoms with Gasteiger partial charge in [-0.05, 0) is 39.7 Å². The molecule has 2 aromatic rings. The highest BCUT2D eigenvalue weighted by Gasteiger charge is 2.12. The van der Waals surface area contributed by atoms with Crippen LogP contribution < -0.4 is 0 Å². The highest BCUT2D eigenvalue weighted by Crippen LogP contribution is 2.34. The first-order valence-electron chi connectivity index (χ1n) is 4.93. The Morgan fingerprint density at radius 2 is 1.89 bits per heavy atom. The van der Waals surface area contributed by atoms with Crippen molar-refractivity contribution < 1.29 is 9.18 Å². The van der Waals surface area contributed by atoms with Crippen LogP contribution in [0.1, 0.15) is 10.4 Å². The zero-order valence-corrected chi connectivity index (χ0v) is 12.0. The Bertz CT molecular complexity index is 629. The van der Waals surface area contributed by atoms with Crippen molar-refractivity contribution in [3.8, 4) is 11.1 Å². The van der Waals surface area contributed by atoms with Crippen LogP contribution in [0.25, 0.3) is 11.1 Å². The molecule has 0 unspecified atom stereocenters. The number of rotatable bonds is 2. The van der Waals surface area contributed by atoms with Crippen molar-refractivity contribution in [1.29, 1.82) is 0 Å². The van der Waals surface area contributed by atoms with E-state index in [1.807, 2.05) is 0 Å². The molecule has 0 bridgehead atoms. The second kappa shape index (κ2) is 5.39. The minimum absolute atomic E-state index is 0.0167. The predicted molar refractivity (Wildman–Crippen MR) is 74.9 cm³/mol. The molecule has 0 aliphatic rings. The van der Waals surface area contributed by atoms with Crippen LogP contribution >= 0.6 is 39.1 Å². The van der Waals surface area contributed by atoms with E-state index in [0.717, 1.165) is 0 Å². The van der Waals surface area contributed by atoms with Crippen LogP contribution in [-0.4, -0.2) is 6.29 Å². The smallest absolute Gasteiger partial charge is 0.151 e. The maximum absolute atomic E-state index is 14.0. The predicted octanol–water partition coefficient (Wildman–Crippen LogP) is 5.37. The normalized spacial score (nSPS) is 10.4. The molecular formula is C13H6BrCl2FO. The van der Waals surface area contributed by atoms with E-state index in [-0.39, 0.29) is 10.0 Å². The topological polar surface area (TPSA) is 17.1 Å². The van der Waals surface area contributed by atoms with Gasteiger partial charge >= 0.3 is 0 Å². The standard InChI is InChI=1S/C13H6BrCl2FO/c14-10-4-3-9(13(17)12(10)16)7-1-2-8(6-18)11(15)5-7/h1-6H. The van der Waals surface area contributed by atoms with Crippen LogP contribution in [0.4, 0.5) is 4.39 Å². The maximum atomic E-state index is 14.0. The zero-order chi connectivity index (χ0) is 13.3. The zero-order valence-electron chi connectivity index (χ0n) is 8.88. The second-order valence-corrected chi connectivity index (χ2v) is 5.22. The van der Waals surface area contributed by atoms with Crippen LogP contribution in [0.3, 0.4) is 0 Å². The van der Waals surface area contributed by atoms with Crippen molar-refractivity contribution in [3.05, 3.63) is 56.2 Å². The highest BCUT2D eigenvalue weighted by atomic mass is 79.9. The third-order valence-corrected chi connectivity index (χ3v) is 4.06. The molecule has 0 heterocycles. The SMILES string of the molecule is O=Cc1ccc(-c2ccc(Br)c(Cl)c2F)cc1Cl. The molecule has 0 aromatic heterocycles. The van der Waals surface area contributed by atoms with Gasteiger partial charge in [0.25, 0.3) is 0 Å². The number of aldehydes is 1. The minimum Gasteiger partial charge on any atom is -0.298 e. The number of carbonyl (C=O) groups excluding carboxylic acids is 1. The van der Waals surface area contributed by atoms with Crippen LogP contribution in [-0.2, 0) is 0 Å². The Morgan fingerprint density at radius 3 is 2.50 bits per heavy atom.